The highest BCUT2D eigenvalue weighted by Crippen LogP contribution is 2.29. The molecule has 0 aromatic heterocycles. The Morgan fingerprint density at radius 2 is 1.91 bits per heavy atom. The third kappa shape index (κ3) is 3.25. The molecule has 0 bridgehead atoms. The third-order valence-corrected chi connectivity index (χ3v) is 4.82. The minimum absolute atomic E-state index is 0.0322. The van der Waals surface area contributed by atoms with Gasteiger partial charge in [0.2, 0.25) is 0 Å². The summed E-state index contributed by atoms with van der Waals surface area (Å²) in [4.78, 5) is 12.6. The van der Waals surface area contributed by atoms with E-state index in [1.165, 1.54) is 12.0 Å². The molecule has 2 aromatic rings. The summed E-state index contributed by atoms with van der Waals surface area (Å²) < 4.78 is 6.65. The first-order chi connectivity index (χ1) is 10.7. The summed E-state index contributed by atoms with van der Waals surface area (Å²) in [5, 5.41) is 0. The standard InChI is InChI=1S/C19H19BrO2/c1-2-13-6-8-14(9-7-13)19(21)17-11-10-16(12-18(17)20)22-15-4-3-5-15/h6-12,15H,2-5H2,1H3. The number of carbonyl (C=O) groups excluding carboxylic acids is 1. The summed E-state index contributed by atoms with van der Waals surface area (Å²) in [6, 6.07) is 13.4. The number of ketones is 1. The molecule has 3 heteroatoms. The summed E-state index contributed by atoms with van der Waals surface area (Å²) in [6.45, 7) is 2.11. The Morgan fingerprint density at radius 1 is 1.18 bits per heavy atom. The van der Waals surface area contributed by atoms with Crippen LogP contribution in [0.15, 0.2) is 46.9 Å². The number of ether oxygens (including phenoxy) is 1. The molecule has 22 heavy (non-hydrogen) atoms. The van der Waals surface area contributed by atoms with E-state index in [0.29, 0.717) is 17.2 Å². The van der Waals surface area contributed by atoms with Crippen molar-refractivity contribution >= 4 is 21.7 Å². The van der Waals surface area contributed by atoms with Crippen molar-refractivity contribution in [2.24, 2.45) is 0 Å². The average Bonchev–Trinajstić information content (AvgIpc) is 2.50. The lowest BCUT2D eigenvalue weighted by Crippen LogP contribution is -2.24. The van der Waals surface area contributed by atoms with Gasteiger partial charge in [-0.2, -0.15) is 0 Å². The van der Waals surface area contributed by atoms with E-state index in [1.807, 2.05) is 42.5 Å². The van der Waals surface area contributed by atoms with Gasteiger partial charge in [0.15, 0.2) is 5.78 Å². The van der Waals surface area contributed by atoms with E-state index in [9.17, 15) is 4.79 Å². The molecule has 0 N–H and O–H groups in total. The number of hydrogen-bond donors (Lipinski definition) is 0. The van der Waals surface area contributed by atoms with Gasteiger partial charge in [-0.15, -0.1) is 0 Å². The average molecular weight is 359 g/mol. The lowest BCUT2D eigenvalue weighted by atomic mass is 9.96. The summed E-state index contributed by atoms with van der Waals surface area (Å²) in [7, 11) is 0. The van der Waals surface area contributed by atoms with Crippen LogP contribution in [0.1, 0.15) is 47.7 Å². The van der Waals surface area contributed by atoms with Crippen LogP contribution in [-0.2, 0) is 6.42 Å². The van der Waals surface area contributed by atoms with Crippen LogP contribution in [0.5, 0.6) is 5.75 Å². The smallest absolute Gasteiger partial charge is 0.194 e. The van der Waals surface area contributed by atoms with Gasteiger partial charge in [0, 0.05) is 15.6 Å². The van der Waals surface area contributed by atoms with Gasteiger partial charge in [0.25, 0.3) is 0 Å². The van der Waals surface area contributed by atoms with Gasteiger partial charge in [0.05, 0.1) is 6.10 Å². The summed E-state index contributed by atoms with van der Waals surface area (Å²) in [5.74, 6) is 0.860. The normalized spacial score (nSPS) is 14.5. The molecular formula is C19H19BrO2. The Bertz CT molecular complexity index is 672. The largest absolute Gasteiger partial charge is 0.490 e. The van der Waals surface area contributed by atoms with E-state index in [0.717, 1.165) is 29.5 Å². The fraction of sp³-hybridized carbons (Fsp3) is 0.316. The topological polar surface area (TPSA) is 26.3 Å². The predicted molar refractivity (Wildman–Crippen MR) is 91.7 cm³/mol. The molecule has 2 aromatic carbocycles. The van der Waals surface area contributed by atoms with E-state index < -0.39 is 0 Å². The maximum absolute atomic E-state index is 12.6. The zero-order valence-electron chi connectivity index (χ0n) is 12.6. The van der Waals surface area contributed by atoms with Gasteiger partial charge in [-0.3, -0.25) is 4.79 Å². The van der Waals surface area contributed by atoms with Gasteiger partial charge in [-0.25, -0.2) is 0 Å². The first kappa shape index (κ1) is 15.3. The molecule has 0 saturated heterocycles. The molecule has 1 saturated carbocycles. The maximum Gasteiger partial charge on any atom is 0.194 e. The molecule has 0 spiro atoms. The van der Waals surface area contributed by atoms with Crippen molar-refractivity contribution in [2.45, 2.75) is 38.7 Å². The summed E-state index contributed by atoms with van der Waals surface area (Å²) in [6.07, 6.45) is 4.82. The second-order valence-corrected chi connectivity index (χ2v) is 6.55. The maximum atomic E-state index is 12.6. The van der Waals surface area contributed by atoms with E-state index in [1.54, 1.807) is 0 Å². The lowest BCUT2D eigenvalue weighted by Gasteiger charge is -2.26. The van der Waals surface area contributed by atoms with Crippen molar-refractivity contribution in [3.8, 4) is 5.75 Å². The molecule has 0 atom stereocenters. The van der Waals surface area contributed by atoms with Crippen molar-refractivity contribution < 1.29 is 9.53 Å². The fourth-order valence-corrected chi connectivity index (χ4v) is 3.02. The number of rotatable bonds is 5. The van der Waals surface area contributed by atoms with Crippen LogP contribution in [0.4, 0.5) is 0 Å². The minimum Gasteiger partial charge on any atom is -0.490 e. The van der Waals surface area contributed by atoms with E-state index in [2.05, 4.69) is 22.9 Å². The number of halogens is 1. The zero-order valence-corrected chi connectivity index (χ0v) is 14.2. The minimum atomic E-state index is 0.0322. The van der Waals surface area contributed by atoms with Crippen LogP contribution in [0, 0.1) is 0 Å². The quantitative estimate of drug-likeness (QED) is 0.688. The molecule has 0 aliphatic heterocycles. The van der Waals surface area contributed by atoms with Crippen molar-refractivity contribution in [1.82, 2.24) is 0 Å². The van der Waals surface area contributed by atoms with Crippen LogP contribution in [0.2, 0.25) is 0 Å². The molecule has 1 aliphatic rings. The predicted octanol–water partition coefficient (Wildman–Crippen LogP) is 5.17. The van der Waals surface area contributed by atoms with Crippen LogP contribution in [0.25, 0.3) is 0 Å². The van der Waals surface area contributed by atoms with Crippen molar-refractivity contribution in [2.75, 3.05) is 0 Å². The van der Waals surface area contributed by atoms with Crippen LogP contribution in [-0.4, -0.2) is 11.9 Å². The molecule has 0 heterocycles. The van der Waals surface area contributed by atoms with Crippen molar-refractivity contribution in [3.05, 3.63) is 63.6 Å². The fourth-order valence-electron chi connectivity index (χ4n) is 2.48. The Kier molecular flexibility index (Phi) is 4.63. The molecular weight excluding hydrogens is 340 g/mol. The Morgan fingerprint density at radius 3 is 2.45 bits per heavy atom. The van der Waals surface area contributed by atoms with E-state index in [-0.39, 0.29) is 5.78 Å². The Balaban J connectivity index is 1.79. The van der Waals surface area contributed by atoms with Gasteiger partial charge in [0.1, 0.15) is 5.75 Å². The highest BCUT2D eigenvalue weighted by atomic mass is 79.9. The third-order valence-electron chi connectivity index (χ3n) is 4.16. The zero-order chi connectivity index (χ0) is 15.5. The van der Waals surface area contributed by atoms with Gasteiger partial charge in [-0.05, 0) is 65.4 Å². The number of hydrogen-bond acceptors (Lipinski definition) is 2. The molecule has 1 fully saturated rings. The van der Waals surface area contributed by atoms with Crippen LogP contribution in [0.3, 0.4) is 0 Å². The SMILES string of the molecule is CCc1ccc(C(=O)c2ccc(OC3CCC3)cc2Br)cc1. The Hall–Kier alpha value is -1.61. The van der Waals surface area contributed by atoms with Crippen molar-refractivity contribution in [1.29, 1.82) is 0 Å². The number of aryl methyl sites for hydroxylation is 1. The number of benzene rings is 2. The summed E-state index contributed by atoms with van der Waals surface area (Å²) in [5.41, 5.74) is 2.62. The molecule has 2 nitrogen and oxygen atoms in total. The summed E-state index contributed by atoms with van der Waals surface area (Å²) >= 11 is 3.50. The molecule has 0 radical (unpaired) electrons. The molecule has 0 amide bonds. The lowest BCUT2D eigenvalue weighted by molar-refractivity contribution is 0.103. The van der Waals surface area contributed by atoms with Crippen LogP contribution < -0.4 is 4.74 Å². The Labute approximate surface area is 139 Å². The van der Waals surface area contributed by atoms with Gasteiger partial charge >= 0.3 is 0 Å². The highest BCUT2D eigenvalue weighted by Gasteiger charge is 2.20. The van der Waals surface area contributed by atoms with E-state index in [4.69, 9.17) is 4.74 Å². The second kappa shape index (κ2) is 6.66. The van der Waals surface area contributed by atoms with Crippen molar-refractivity contribution in [3.63, 3.8) is 0 Å². The van der Waals surface area contributed by atoms with E-state index >= 15 is 0 Å². The monoisotopic (exact) mass is 358 g/mol. The first-order valence-corrected chi connectivity index (χ1v) is 8.56. The second-order valence-electron chi connectivity index (χ2n) is 5.69. The van der Waals surface area contributed by atoms with Gasteiger partial charge < -0.3 is 4.74 Å². The highest BCUT2D eigenvalue weighted by molar-refractivity contribution is 9.10. The molecule has 0 unspecified atom stereocenters. The molecule has 3 rings (SSSR count). The molecule has 1 aliphatic carbocycles. The first-order valence-electron chi connectivity index (χ1n) is 7.77. The molecule has 114 valence electrons. The van der Waals surface area contributed by atoms with Crippen LogP contribution >= 0.6 is 15.9 Å². The van der Waals surface area contributed by atoms with Gasteiger partial charge in [-0.1, -0.05) is 31.2 Å². The number of carbonyl (C=O) groups is 1.